The number of benzene rings is 1. The summed E-state index contributed by atoms with van der Waals surface area (Å²) in [5.41, 5.74) is 0.852. The summed E-state index contributed by atoms with van der Waals surface area (Å²) in [5.74, 6) is -1.25. The van der Waals surface area contributed by atoms with Crippen LogP contribution in [0.25, 0.3) is 0 Å². The van der Waals surface area contributed by atoms with E-state index in [4.69, 9.17) is 4.74 Å². The molecule has 1 heterocycles. The topological polar surface area (TPSA) is 61.8 Å². The lowest BCUT2D eigenvalue weighted by molar-refractivity contribution is -0.138. The lowest BCUT2D eigenvalue weighted by Gasteiger charge is -2.26. The van der Waals surface area contributed by atoms with Gasteiger partial charge in [0.25, 0.3) is 0 Å². The molecule has 1 aromatic carbocycles. The molecule has 5 heteroatoms. The third kappa shape index (κ3) is 5.46. The average Bonchev–Trinajstić information content (AvgIpc) is 2.52. The molecule has 0 aromatic heterocycles. The number of carboxylic acid groups (broad SMARTS) is 1. The number of morpholine rings is 1. The maximum Gasteiger partial charge on any atom is 0.312 e. The van der Waals surface area contributed by atoms with Crippen molar-refractivity contribution in [1.82, 2.24) is 10.2 Å². The Balaban J connectivity index is 1.67. The quantitative estimate of drug-likeness (QED) is 0.704. The van der Waals surface area contributed by atoms with Gasteiger partial charge in [-0.1, -0.05) is 30.3 Å². The summed E-state index contributed by atoms with van der Waals surface area (Å²) in [6.07, 6.45) is 1.03. The van der Waals surface area contributed by atoms with Crippen LogP contribution in [0.2, 0.25) is 0 Å². The van der Waals surface area contributed by atoms with Crippen LogP contribution in [0, 0.1) is 0 Å². The maximum atomic E-state index is 11.3. The fourth-order valence-electron chi connectivity index (χ4n) is 2.53. The van der Waals surface area contributed by atoms with Crippen LogP contribution >= 0.6 is 0 Å². The van der Waals surface area contributed by atoms with Gasteiger partial charge in [-0.2, -0.15) is 0 Å². The zero-order chi connectivity index (χ0) is 14.9. The van der Waals surface area contributed by atoms with Crippen LogP contribution < -0.4 is 5.32 Å². The predicted octanol–water partition coefficient (Wildman–Crippen LogP) is 1.17. The highest BCUT2D eigenvalue weighted by Gasteiger charge is 2.18. The molecule has 0 saturated carbocycles. The minimum Gasteiger partial charge on any atom is -0.481 e. The number of rotatable bonds is 8. The van der Waals surface area contributed by atoms with E-state index in [1.807, 2.05) is 30.3 Å². The molecular formula is C16H24N2O3. The number of hydrogen-bond donors (Lipinski definition) is 2. The molecule has 1 atom stereocenters. The molecule has 116 valence electrons. The monoisotopic (exact) mass is 292 g/mol. The molecule has 1 unspecified atom stereocenters. The zero-order valence-electron chi connectivity index (χ0n) is 12.3. The van der Waals surface area contributed by atoms with Crippen LogP contribution in [0.15, 0.2) is 30.3 Å². The van der Waals surface area contributed by atoms with Gasteiger partial charge in [0.1, 0.15) is 0 Å². The van der Waals surface area contributed by atoms with Crippen molar-refractivity contribution >= 4 is 5.97 Å². The van der Waals surface area contributed by atoms with Crippen molar-refractivity contribution in [2.45, 2.75) is 12.3 Å². The zero-order valence-corrected chi connectivity index (χ0v) is 12.3. The number of nitrogens with one attached hydrogen (secondary N) is 1. The van der Waals surface area contributed by atoms with Crippen LogP contribution in [0.5, 0.6) is 0 Å². The molecule has 2 rings (SSSR count). The standard InChI is InChI=1S/C16H24N2O3/c19-16(20)15(14-5-2-1-3-6-14)13-17-7-4-8-18-9-11-21-12-10-18/h1-3,5-6,15,17H,4,7-13H2,(H,19,20). The molecule has 1 saturated heterocycles. The number of ether oxygens (including phenoxy) is 1. The molecule has 0 amide bonds. The third-order valence-corrected chi connectivity index (χ3v) is 3.78. The van der Waals surface area contributed by atoms with E-state index in [1.54, 1.807) is 0 Å². The molecular weight excluding hydrogens is 268 g/mol. The Morgan fingerprint density at radius 1 is 1.29 bits per heavy atom. The van der Waals surface area contributed by atoms with Crippen LogP contribution in [-0.2, 0) is 9.53 Å². The molecule has 1 fully saturated rings. The number of nitrogens with zero attached hydrogens (tertiary/aromatic N) is 1. The molecule has 5 nitrogen and oxygen atoms in total. The van der Waals surface area contributed by atoms with Gasteiger partial charge in [0.05, 0.1) is 19.1 Å². The van der Waals surface area contributed by atoms with Crippen LogP contribution in [0.4, 0.5) is 0 Å². The van der Waals surface area contributed by atoms with Crippen molar-refractivity contribution in [3.05, 3.63) is 35.9 Å². The van der Waals surface area contributed by atoms with E-state index < -0.39 is 11.9 Å². The molecule has 2 N–H and O–H groups in total. The Hall–Kier alpha value is -1.43. The van der Waals surface area contributed by atoms with E-state index in [1.165, 1.54) is 0 Å². The van der Waals surface area contributed by atoms with Gasteiger partial charge in [0, 0.05) is 19.6 Å². The highest BCUT2D eigenvalue weighted by molar-refractivity contribution is 5.76. The molecule has 1 aliphatic heterocycles. The highest BCUT2D eigenvalue weighted by Crippen LogP contribution is 2.14. The van der Waals surface area contributed by atoms with Crippen LogP contribution in [-0.4, -0.2) is 61.9 Å². The van der Waals surface area contributed by atoms with Crippen molar-refractivity contribution in [2.75, 3.05) is 45.9 Å². The number of carboxylic acids is 1. The molecule has 0 radical (unpaired) electrons. The predicted molar refractivity (Wildman–Crippen MR) is 81.6 cm³/mol. The minimum atomic E-state index is -0.776. The van der Waals surface area contributed by atoms with Crippen LogP contribution in [0.3, 0.4) is 0 Å². The fraction of sp³-hybridized carbons (Fsp3) is 0.562. The third-order valence-electron chi connectivity index (χ3n) is 3.78. The summed E-state index contributed by atoms with van der Waals surface area (Å²) in [6, 6.07) is 9.40. The summed E-state index contributed by atoms with van der Waals surface area (Å²) >= 11 is 0. The number of aliphatic carboxylic acids is 1. The summed E-state index contributed by atoms with van der Waals surface area (Å²) in [7, 11) is 0. The second-order valence-electron chi connectivity index (χ2n) is 5.31. The molecule has 0 bridgehead atoms. The highest BCUT2D eigenvalue weighted by atomic mass is 16.5. The Bertz CT molecular complexity index is 419. The van der Waals surface area contributed by atoms with Gasteiger partial charge in [-0.25, -0.2) is 0 Å². The smallest absolute Gasteiger partial charge is 0.312 e. The van der Waals surface area contributed by atoms with Gasteiger partial charge in [0.2, 0.25) is 0 Å². The Morgan fingerprint density at radius 3 is 2.67 bits per heavy atom. The second-order valence-corrected chi connectivity index (χ2v) is 5.31. The summed E-state index contributed by atoms with van der Waals surface area (Å²) < 4.78 is 5.31. The molecule has 21 heavy (non-hydrogen) atoms. The van der Waals surface area contributed by atoms with Gasteiger partial charge in [-0.05, 0) is 25.1 Å². The normalized spacial score (nSPS) is 17.5. The van der Waals surface area contributed by atoms with Crippen LogP contribution in [0.1, 0.15) is 17.9 Å². The number of carbonyl (C=O) groups is 1. The summed E-state index contributed by atoms with van der Waals surface area (Å²) in [4.78, 5) is 13.7. The fourth-order valence-corrected chi connectivity index (χ4v) is 2.53. The van der Waals surface area contributed by atoms with E-state index >= 15 is 0 Å². The maximum absolute atomic E-state index is 11.3. The van der Waals surface area contributed by atoms with Gasteiger partial charge in [-0.3, -0.25) is 9.69 Å². The Morgan fingerprint density at radius 2 is 2.00 bits per heavy atom. The first-order valence-electron chi connectivity index (χ1n) is 7.56. The van der Waals surface area contributed by atoms with Gasteiger partial charge < -0.3 is 15.2 Å². The van der Waals surface area contributed by atoms with Crippen molar-refractivity contribution < 1.29 is 14.6 Å². The number of hydrogen-bond acceptors (Lipinski definition) is 4. The average molecular weight is 292 g/mol. The largest absolute Gasteiger partial charge is 0.481 e. The van der Waals surface area contributed by atoms with Gasteiger partial charge in [0.15, 0.2) is 0 Å². The lowest BCUT2D eigenvalue weighted by Crippen LogP contribution is -2.38. The molecule has 0 aliphatic carbocycles. The van der Waals surface area contributed by atoms with E-state index in [0.29, 0.717) is 6.54 Å². The molecule has 0 spiro atoms. The van der Waals surface area contributed by atoms with Crippen molar-refractivity contribution in [3.63, 3.8) is 0 Å². The molecule has 1 aliphatic rings. The van der Waals surface area contributed by atoms with E-state index in [9.17, 15) is 9.90 Å². The summed E-state index contributed by atoms with van der Waals surface area (Å²) in [5, 5.41) is 12.6. The van der Waals surface area contributed by atoms with E-state index in [2.05, 4.69) is 10.2 Å². The lowest BCUT2D eigenvalue weighted by atomic mass is 9.99. The minimum absolute atomic E-state index is 0.475. The summed E-state index contributed by atoms with van der Waals surface area (Å²) in [6.45, 7) is 6.00. The second kappa shape index (κ2) is 8.77. The van der Waals surface area contributed by atoms with Gasteiger partial charge in [-0.15, -0.1) is 0 Å². The van der Waals surface area contributed by atoms with Crippen molar-refractivity contribution in [3.8, 4) is 0 Å². The Labute approximate surface area is 125 Å². The SMILES string of the molecule is O=C(O)C(CNCCCN1CCOCC1)c1ccccc1. The van der Waals surface area contributed by atoms with Crippen molar-refractivity contribution in [1.29, 1.82) is 0 Å². The first-order chi connectivity index (χ1) is 10.3. The Kier molecular flexibility index (Phi) is 6.66. The first-order valence-corrected chi connectivity index (χ1v) is 7.56. The van der Waals surface area contributed by atoms with E-state index in [0.717, 1.165) is 51.4 Å². The first kappa shape index (κ1) is 15.9. The van der Waals surface area contributed by atoms with Crippen molar-refractivity contribution in [2.24, 2.45) is 0 Å². The van der Waals surface area contributed by atoms with Gasteiger partial charge >= 0.3 is 5.97 Å². The molecule has 1 aromatic rings. The van der Waals surface area contributed by atoms with E-state index in [-0.39, 0.29) is 0 Å².